The molecule has 2 amide bonds. The van der Waals surface area contributed by atoms with Crippen molar-refractivity contribution < 1.29 is 14.0 Å². The highest BCUT2D eigenvalue weighted by Gasteiger charge is 2.24. The summed E-state index contributed by atoms with van der Waals surface area (Å²) < 4.78 is 5.21. The van der Waals surface area contributed by atoms with Crippen LogP contribution in [-0.2, 0) is 11.3 Å². The van der Waals surface area contributed by atoms with Crippen LogP contribution in [-0.4, -0.2) is 36.9 Å². The first kappa shape index (κ1) is 17.2. The lowest BCUT2D eigenvalue weighted by Gasteiger charge is -2.28. The monoisotopic (exact) mass is 341 g/mol. The van der Waals surface area contributed by atoms with Crippen LogP contribution in [0.1, 0.15) is 29.0 Å². The van der Waals surface area contributed by atoms with Gasteiger partial charge in [0.2, 0.25) is 5.91 Å². The summed E-state index contributed by atoms with van der Waals surface area (Å²) >= 11 is 0. The van der Waals surface area contributed by atoms with E-state index in [-0.39, 0.29) is 17.7 Å². The summed E-state index contributed by atoms with van der Waals surface area (Å²) in [7, 11) is 2.06. The molecule has 0 aliphatic carbocycles. The third-order valence-electron chi connectivity index (χ3n) is 4.52. The summed E-state index contributed by atoms with van der Waals surface area (Å²) in [6.07, 6.45) is 3.25. The molecule has 2 aromatic rings. The van der Waals surface area contributed by atoms with E-state index >= 15 is 0 Å². The largest absolute Gasteiger partial charge is 0.467 e. The quantitative estimate of drug-likeness (QED) is 0.876. The summed E-state index contributed by atoms with van der Waals surface area (Å²) in [5.74, 6) is 0.423. The minimum atomic E-state index is -0.240. The standard InChI is InChI=1S/C19H23N3O3/c1-22-10-8-14(9-11-22)18(23)21-17-7-3-2-6-16(17)19(24)20-13-15-5-4-12-25-15/h2-7,12,14H,8-11,13H2,1H3,(H,20,24)(H,21,23). The number of para-hydroxylation sites is 1. The van der Waals surface area contributed by atoms with Crippen molar-refractivity contribution in [2.24, 2.45) is 5.92 Å². The van der Waals surface area contributed by atoms with Crippen molar-refractivity contribution in [3.63, 3.8) is 0 Å². The first-order valence-corrected chi connectivity index (χ1v) is 8.52. The zero-order chi connectivity index (χ0) is 17.6. The van der Waals surface area contributed by atoms with Crippen molar-refractivity contribution >= 4 is 17.5 Å². The summed E-state index contributed by atoms with van der Waals surface area (Å²) in [5, 5.41) is 5.74. The van der Waals surface area contributed by atoms with Gasteiger partial charge in [0.1, 0.15) is 5.76 Å². The molecular weight excluding hydrogens is 318 g/mol. The molecule has 0 bridgehead atoms. The Morgan fingerprint density at radius 3 is 2.64 bits per heavy atom. The number of carbonyl (C=O) groups is 2. The molecule has 6 heteroatoms. The van der Waals surface area contributed by atoms with E-state index in [1.807, 2.05) is 6.07 Å². The summed E-state index contributed by atoms with van der Waals surface area (Å²) in [4.78, 5) is 27.2. The van der Waals surface area contributed by atoms with Gasteiger partial charge in [-0.3, -0.25) is 9.59 Å². The van der Waals surface area contributed by atoms with Gasteiger partial charge >= 0.3 is 0 Å². The number of benzene rings is 1. The van der Waals surface area contributed by atoms with E-state index in [1.165, 1.54) is 0 Å². The number of furan rings is 1. The van der Waals surface area contributed by atoms with Crippen molar-refractivity contribution in [3.8, 4) is 0 Å². The highest BCUT2D eigenvalue weighted by Crippen LogP contribution is 2.21. The van der Waals surface area contributed by atoms with Gasteiger partial charge in [-0.2, -0.15) is 0 Å². The Labute approximate surface area is 147 Å². The molecule has 1 aliphatic heterocycles. The van der Waals surface area contributed by atoms with Crippen LogP contribution in [0.4, 0.5) is 5.69 Å². The van der Waals surface area contributed by atoms with Crippen LogP contribution < -0.4 is 10.6 Å². The lowest BCUT2D eigenvalue weighted by Crippen LogP contribution is -2.36. The van der Waals surface area contributed by atoms with Crippen molar-refractivity contribution in [2.75, 3.05) is 25.5 Å². The molecule has 0 unspecified atom stereocenters. The number of nitrogens with zero attached hydrogens (tertiary/aromatic N) is 1. The second-order valence-electron chi connectivity index (χ2n) is 6.37. The summed E-state index contributed by atoms with van der Waals surface area (Å²) in [6.45, 7) is 2.15. The fraction of sp³-hybridized carbons (Fsp3) is 0.368. The molecule has 1 saturated heterocycles. The minimum absolute atomic E-state index is 0.00423. The maximum absolute atomic E-state index is 12.5. The smallest absolute Gasteiger partial charge is 0.253 e. The van der Waals surface area contributed by atoms with E-state index < -0.39 is 0 Å². The van der Waals surface area contributed by atoms with E-state index in [0.29, 0.717) is 23.6 Å². The summed E-state index contributed by atoms with van der Waals surface area (Å²) in [6, 6.07) is 10.6. The lowest BCUT2D eigenvalue weighted by molar-refractivity contribution is -0.121. The van der Waals surface area contributed by atoms with Crippen molar-refractivity contribution in [3.05, 3.63) is 54.0 Å². The number of nitrogens with one attached hydrogen (secondary N) is 2. The van der Waals surface area contributed by atoms with Gasteiger partial charge in [-0.05, 0) is 57.2 Å². The highest BCUT2D eigenvalue weighted by molar-refractivity contribution is 6.04. The Morgan fingerprint density at radius 2 is 1.92 bits per heavy atom. The van der Waals surface area contributed by atoms with Gasteiger partial charge in [0.05, 0.1) is 24.1 Å². The van der Waals surface area contributed by atoms with E-state index in [9.17, 15) is 9.59 Å². The number of carbonyl (C=O) groups excluding carboxylic acids is 2. The first-order valence-electron chi connectivity index (χ1n) is 8.52. The maximum Gasteiger partial charge on any atom is 0.253 e. The van der Waals surface area contributed by atoms with Crippen LogP contribution in [0.15, 0.2) is 47.1 Å². The Hall–Kier alpha value is -2.60. The topological polar surface area (TPSA) is 74.6 Å². The van der Waals surface area contributed by atoms with E-state index in [1.54, 1.807) is 36.6 Å². The molecule has 1 fully saturated rings. The average Bonchev–Trinajstić information content (AvgIpc) is 3.14. The molecule has 25 heavy (non-hydrogen) atoms. The molecule has 6 nitrogen and oxygen atoms in total. The number of anilines is 1. The Balaban J connectivity index is 1.63. The molecule has 0 spiro atoms. The second-order valence-corrected chi connectivity index (χ2v) is 6.37. The fourth-order valence-corrected chi connectivity index (χ4v) is 2.97. The third-order valence-corrected chi connectivity index (χ3v) is 4.52. The molecule has 1 aromatic heterocycles. The zero-order valence-electron chi connectivity index (χ0n) is 14.3. The van der Waals surface area contributed by atoms with E-state index in [4.69, 9.17) is 4.42 Å². The van der Waals surface area contributed by atoms with Gasteiger partial charge in [-0.25, -0.2) is 0 Å². The Kier molecular flexibility index (Phi) is 5.50. The van der Waals surface area contributed by atoms with Crippen molar-refractivity contribution in [2.45, 2.75) is 19.4 Å². The van der Waals surface area contributed by atoms with Gasteiger partial charge in [0.15, 0.2) is 0 Å². The normalized spacial score (nSPS) is 15.7. The highest BCUT2D eigenvalue weighted by atomic mass is 16.3. The fourth-order valence-electron chi connectivity index (χ4n) is 2.97. The van der Waals surface area contributed by atoms with Crippen molar-refractivity contribution in [1.29, 1.82) is 0 Å². The number of piperidine rings is 1. The van der Waals surface area contributed by atoms with E-state index in [2.05, 4.69) is 22.6 Å². The second kappa shape index (κ2) is 7.98. The van der Waals surface area contributed by atoms with Gasteiger partial charge in [0.25, 0.3) is 5.91 Å². The lowest BCUT2D eigenvalue weighted by atomic mass is 9.96. The van der Waals surface area contributed by atoms with Crippen LogP contribution in [0.25, 0.3) is 0 Å². The maximum atomic E-state index is 12.5. The molecule has 132 valence electrons. The van der Waals surface area contributed by atoms with Crippen LogP contribution in [0.3, 0.4) is 0 Å². The van der Waals surface area contributed by atoms with Gasteiger partial charge < -0.3 is 20.0 Å². The van der Waals surface area contributed by atoms with Crippen LogP contribution in [0.5, 0.6) is 0 Å². The molecule has 0 radical (unpaired) electrons. The molecule has 3 rings (SSSR count). The first-order chi connectivity index (χ1) is 12.1. The molecule has 2 heterocycles. The number of rotatable bonds is 5. The molecule has 0 saturated carbocycles. The van der Waals surface area contributed by atoms with Gasteiger partial charge in [0, 0.05) is 5.92 Å². The van der Waals surface area contributed by atoms with Crippen LogP contribution in [0, 0.1) is 5.92 Å². The predicted molar refractivity (Wildman–Crippen MR) is 95.2 cm³/mol. The average molecular weight is 341 g/mol. The number of likely N-dealkylation sites (tertiary alicyclic amines) is 1. The van der Waals surface area contributed by atoms with Crippen molar-refractivity contribution in [1.82, 2.24) is 10.2 Å². The number of amides is 2. The number of hydrogen-bond donors (Lipinski definition) is 2. The van der Waals surface area contributed by atoms with Crippen LogP contribution >= 0.6 is 0 Å². The molecule has 2 N–H and O–H groups in total. The minimum Gasteiger partial charge on any atom is -0.467 e. The van der Waals surface area contributed by atoms with Gasteiger partial charge in [-0.15, -0.1) is 0 Å². The Bertz CT molecular complexity index is 719. The molecule has 1 aliphatic rings. The number of hydrogen-bond acceptors (Lipinski definition) is 4. The van der Waals surface area contributed by atoms with Crippen LogP contribution in [0.2, 0.25) is 0 Å². The Morgan fingerprint density at radius 1 is 1.16 bits per heavy atom. The molecule has 1 aromatic carbocycles. The third kappa shape index (κ3) is 4.48. The molecular formula is C19H23N3O3. The van der Waals surface area contributed by atoms with E-state index in [0.717, 1.165) is 25.9 Å². The molecule has 0 atom stereocenters. The predicted octanol–water partition coefficient (Wildman–Crippen LogP) is 2.49. The SMILES string of the molecule is CN1CCC(C(=O)Nc2ccccc2C(=O)NCc2ccco2)CC1. The summed E-state index contributed by atoms with van der Waals surface area (Å²) in [5.41, 5.74) is 0.999. The zero-order valence-corrected chi connectivity index (χ0v) is 14.3. The van der Waals surface area contributed by atoms with Gasteiger partial charge in [-0.1, -0.05) is 12.1 Å².